The van der Waals surface area contributed by atoms with Gasteiger partial charge in [-0.15, -0.1) is 0 Å². The summed E-state index contributed by atoms with van der Waals surface area (Å²) in [6.45, 7) is 0. The second-order valence-corrected chi connectivity index (χ2v) is 3.59. The van der Waals surface area contributed by atoms with E-state index < -0.39 is 5.63 Å². The molecule has 1 heterocycles. The Kier molecular flexibility index (Phi) is 2.68. The molecule has 15 heavy (non-hydrogen) atoms. The van der Waals surface area contributed by atoms with Gasteiger partial charge >= 0.3 is 5.63 Å². The number of alkyl halides is 1. The van der Waals surface area contributed by atoms with Crippen molar-refractivity contribution in [2.45, 2.75) is 0 Å². The van der Waals surface area contributed by atoms with Gasteiger partial charge in [-0.05, 0) is 6.07 Å². The zero-order valence-corrected chi connectivity index (χ0v) is 9.28. The maximum absolute atomic E-state index is 11.6. The maximum atomic E-state index is 11.6. The summed E-state index contributed by atoms with van der Waals surface area (Å²) in [5.41, 5.74) is 0.339. The smallest absolute Gasteiger partial charge is 0.336 e. The number of Topliss-reactive ketones (excluding diaryl/α,β-unsaturated/α-hetero) is 1. The molecule has 0 spiro atoms. The van der Waals surface area contributed by atoms with Gasteiger partial charge in [0.15, 0.2) is 5.78 Å². The second-order valence-electron chi connectivity index (χ2n) is 3.03. The highest BCUT2D eigenvalue weighted by atomic mass is 79.9. The van der Waals surface area contributed by atoms with E-state index in [0.717, 1.165) is 0 Å². The van der Waals surface area contributed by atoms with E-state index in [9.17, 15) is 9.59 Å². The van der Waals surface area contributed by atoms with E-state index in [2.05, 4.69) is 15.9 Å². The van der Waals surface area contributed by atoms with E-state index >= 15 is 0 Å². The fraction of sp³-hybridized carbons (Fsp3) is 0.0909. The van der Waals surface area contributed by atoms with Gasteiger partial charge in [0.2, 0.25) is 0 Å². The Morgan fingerprint density at radius 1 is 1.33 bits per heavy atom. The number of carbonyl (C=O) groups excluding carboxylic acids is 1. The maximum Gasteiger partial charge on any atom is 0.336 e. The number of benzene rings is 1. The van der Waals surface area contributed by atoms with Crippen LogP contribution in [0.1, 0.15) is 10.4 Å². The SMILES string of the molecule is O=C(CBr)c1cc(=O)oc2ccccc12. The van der Waals surface area contributed by atoms with E-state index in [1.165, 1.54) is 6.07 Å². The highest BCUT2D eigenvalue weighted by molar-refractivity contribution is 9.09. The standard InChI is InChI=1S/C11H7BrO3/c12-6-9(13)8-5-11(14)15-10-4-2-1-3-7(8)10/h1-5H,6H2. The molecule has 0 bridgehead atoms. The van der Waals surface area contributed by atoms with Gasteiger partial charge in [0.1, 0.15) is 5.58 Å². The number of para-hydroxylation sites is 1. The summed E-state index contributed by atoms with van der Waals surface area (Å²) < 4.78 is 4.97. The van der Waals surface area contributed by atoms with E-state index in [1.54, 1.807) is 24.3 Å². The topological polar surface area (TPSA) is 47.3 Å². The Hall–Kier alpha value is -1.42. The van der Waals surface area contributed by atoms with Gasteiger partial charge in [-0.3, -0.25) is 4.79 Å². The van der Waals surface area contributed by atoms with Crippen molar-refractivity contribution in [2.24, 2.45) is 0 Å². The minimum atomic E-state index is -0.502. The van der Waals surface area contributed by atoms with Crippen molar-refractivity contribution in [3.63, 3.8) is 0 Å². The lowest BCUT2D eigenvalue weighted by molar-refractivity contribution is 0.102. The zero-order chi connectivity index (χ0) is 10.8. The van der Waals surface area contributed by atoms with Gasteiger partial charge in [-0.2, -0.15) is 0 Å². The summed E-state index contributed by atoms with van der Waals surface area (Å²) >= 11 is 3.08. The van der Waals surface area contributed by atoms with Crippen molar-refractivity contribution in [1.82, 2.24) is 0 Å². The molecule has 0 fully saturated rings. The predicted octanol–water partition coefficient (Wildman–Crippen LogP) is 2.37. The summed E-state index contributed by atoms with van der Waals surface area (Å²) in [6.07, 6.45) is 0. The van der Waals surface area contributed by atoms with Gasteiger partial charge in [0.05, 0.1) is 5.33 Å². The van der Waals surface area contributed by atoms with Crippen LogP contribution in [0.25, 0.3) is 11.0 Å². The molecule has 0 atom stereocenters. The third kappa shape index (κ3) is 1.85. The highest BCUT2D eigenvalue weighted by Gasteiger charge is 2.10. The highest BCUT2D eigenvalue weighted by Crippen LogP contribution is 2.17. The molecule has 76 valence electrons. The van der Waals surface area contributed by atoms with E-state index in [4.69, 9.17) is 4.42 Å². The Bertz CT molecular complexity index is 571. The first kappa shape index (κ1) is 10.1. The van der Waals surface area contributed by atoms with Crippen LogP contribution in [0.3, 0.4) is 0 Å². The molecule has 0 N–H and O–H groups in total. The van der Waals surface area contributed by atoms with Crippen LogP contribution in [0.5, 0.6) is 0 Å². The van der Waals surface area contributed by atoms with Crippen molar-refractivity contribution >= 4 is 32.7 Å². The molecular formula is C11H7BrO3. The largest absolute Gasteiger partial charge is 0.423 e. The molecule has 0 unspecified atom stereocenters. The number of ketones is 1. The van der Waals surface area contributed by atoms with Gasteiger partial charge in [-0.25, -0.2) is 4.79 Å². The third-order valence-electron chi connectivity index (χ3n) is 2.07. The van der Waals surface area contributed by atoms with Gasteiger partial charge < -0.3 is 4.42 Å². The Morgan fingerprint density at radius 3 is 2.80 bits per heavy atom. The summed E-state index contributed by atoms with van der Waals surface area (Å²) in [6, 6.07) is 8.21. The molecule has 2 aromatic rings. The monoisotopic (exact) mass is 266 g/mol. The Balaban J connectivity index is 2.82. The van der Waals surface area contributed by atoms with Crippen LogP contribution in [-0.2, 0) is 0 Å². The summed E-state index contributed by atoms with van der Waals surface area (Å²) in [5.74, 6) is -0.126. The average molecular weight is 267 g/mol. The third-order valence-corrected chi connectivity index (χ3v) is 2.58. The molecule has 1 aromatic carbocycles. The second kappa shape index (κ2) is 3.98. The normalized spacial score (nSPS) is 10.5. The first-order valence-electron chi connectivity index (χ1n) is 4.34. The molecule has 0 saturated heterocycles. The molecule has 1 aromatic heterocycles. The van der Waals surface area contributed by atoms with Crippen molar-refractivity contribution in [1.29, 1.82) is 0 Å². The Morgan fingerprint density at radius 2 is 2.07 bits per heavy atom. The number of rotatable bonds is 2. The minimum absolute atomic E-state index is 0.126. The molecule has 0 radical (unpaired) electrons. The molecule has 4 heteroatoms. The van der Waals surface area contributed by atoms with Crippen molar-refractivity contribution in [3.05, 3.63) is 46.3 Å². The van der Waals surface area contributed by atoms with Crippen molar-refractivity contribution in [3.8, 4) is 0 Å². The quantitative estimate of drug-likeness (QED) is 0.476. The lowest BCUT2D eigenvalue weighted by Crippen LogP contribution is -2.07. The first-order valence-corrected chi connectivity index (χ1v) is 5.46. The first-order chi connectivity index (χ1) is 7.22. The van der Waals surface area contributed by atoms with Crippen LogP contribution in [-0.4, -0.2) is 11.1 Å². The number of hydrogen-bond donors (Lipinski definition) is 0. The van der Waals surface area contributed by atoms with E-state index in [1.807, 2.05) is 0 Å². The summed E-state index contributed by atoms with van der Waals surface area (Å²) in [5, 5.41) is 0.863. The molecule has 0 saturated carbocycles. The van der Waals surface area contributed by atoms with Crippen LogP contribution < -0.4 is 5.63 Å². The summed E-state index contributed by atoms with van der Waals surface area (Å²) in [7, 11) is 0. The van der Waals surface area contributed by atoms with Crippen LogP contribution >= 0.6 is 15.9 Å². The molecule has 0 aliphatic rings. The molecule has 0 aliphatic carbocycles. The minimum Gasteiger partial charge on any atom is -0.423 e. The van der Waals surface area contributed by atoms with E-state index in [0.29, 0.717) is 16.5 Å². The van der Waals surface area contributed by atoms with Crippen LogP contribution in [0.4, 0.5) is 0 Å². The zero-order valence-electron chi connectivity index (χ0n) is 7.70. The number of halogens is 1. The number of carbonyl (C=O) groups is 1. The fourth-order valence-corrected chi connectivity index (χ4v) is 1.72. The van der Waals surface area contributed by atoms with Crippen LogP contribution in [0.2, 0.25) is 0 Å². The van der Waals surface area contributed by atoms with Gasteiger partial charge in [0, 0.05) is 17.0 Å². The van der Waals surface area contributed by atoms with Gasteiger partial charge in [-0.1, -0.05) is 34.1 Å². The lowest BCUT2D eigenvalue weighted by Gasteiger charge is -2.01. The van der Waals surface area contributed by atoms with Crippen LogP contribution in [0, 0.1) is 0 Å². The molecular weight excluding hydrogens is 260 g/mol. The number of fused-ring (bicyclic) bond motifs is 1. The molecule has 3 nitrogen and oxygen atoms in total. The summed E-state index contributed by atoms with van der Waals surface area (Å²) in [4.78, 5) is 22.7. The van der Waals surface area contributed by atoms with Crippen molar-refractivity contribution in [2.75, 3.05) is 5.33 Å². The average Bonchev–Trinajstić information content (AvgIpc) is 2.26. The molecule has 0 aliphatic heterocycles. The predicted molar refractivity (Wildman–Crippen MR) is 60.6 cm³/mol. The Labute approximate surface area is 93.8 Å². The molecule has 0 amide bonds. The fourth-order valence-electron chi connectivity index (χ4n) is 1.41. The molecule has 2 rings (SSSR count). The van der Waals surface area contributed by atoms with Crippen LogP contribution in [0.15, 0.2) is 39.5 Å². The van der Waals surface area contributed by atoms with E-state index in [-0.39, 0.29) is 11.1 Å². The lowest BCUT2D eigenvalue weighted by atomic mass is 10.1. The number of hydrogen-bond acceptors (Lipinski definition) is 3. The van der Waals surface area contributed by atoms with Gasteiger partial charge in [0.25, 0.3) is 0 Å². The van der Waals surface area contributed by atoms with Crippen molar-refractivity contribution < 1.29 is 9.21 Å².